The first-order valence-corrected chi connectivity index (χ1v) is 8.95. The van der Waals surface area contributed by atoms with E-state index >= 15 is 0 Å². The summed E-state index contributed by atoms with van der Waals surface area (Å²) < 4.78 is 27.4. The molecular formula is C21H27NO7. The first-order chi connectivity index (χ1) is 14.0. The van der Waals surface area contributed by atoms with E-state index < -0.39 is 12.0 Å². The fraction of sp³-hybridized carbons (Fsp3) is 0.381. The molecule has 2 aromatic carbocycles. The van der Waals surface area contributed by atoms with Gasteiger partial charge in [-0.05, 0) is 12.0 Å². The van der Waals surface area contributed by atoms with E-state index in [0.29, 0.717) is 40.7 Å². The molecule has 0 heterocycles. The lowest BCUT2D eigenvalue weighted by molar-refractivity contribution is -0.139. The molecule has 1 atom stereocenters. The van der Waals surface area contributed by atoms with Gasteiger partial charge in [-0.3, -0.25) is 10.1 Å². The Morgan fingerprint density at radius 1 is 0.828 bits per heavy atom. The van der Waals surface area contributed by atoms with E-state index in [2.05, 4.69) is 5.32 Å². The van der Waals surface area contributed by atoms with Gasteiger partial charge >= 0.3 is 5.97 Å². The number of carboxylic acids is 1. The number of hydrogen-bond acceptors (Lipinski definition) is 7. The lowest BCUT2D eigenvalue weighted by atomic mass is 10.0. The predicted molar refractivity (Wildman–Crippen MR) is 108 cm³/mol. The van der Waals surface area contributed by atoms with Gasteiger partial charge in [-0.25, -0.2) is 0 Å². The highest BCUT2D eigenvalue weighted by Crippen LogP contribution is 2.53. The molecule has 0 saturated carbocycles. The lowest BCUT2D eigenvalue weighted by Gasteiger charge is -2.23. The minimum absolute atomic E-state index is 0.146. The van der Waals surface area contributed by atoms with Gasteiger partial charge in [0.25, 0.3) is 0 Å². The van der Waals surface area contributed by atoms with E-state index in [-0.39, 0.29) is 6.54 Å². The van der Waals surface area contributed by atoms with Crippen LogP contribution < -0.4 is 29.0 Å². The molecule has 8 nitrogen and oxygen atoms in total. The van der Waals surface area contributed by atoms with Crippen LogP contribution in [0.15, 0.2) is 30.3 Å². The van der Waals surface area contributed by atoms with E-state index in [1.165, 1.54) is 35.5 Å². The van der Waals surface area contributed by atoms with Gasteiger partial charge in [-0.15, -0.1) is 0 Å². The van der Waals surface area contributed by atoms with Gasteiger partial charge in [0.1, 0.15) is 6.04 Å². The summed E-state index contributed by atoms with van der Waals surface area (Å²) in [6, 6.07) is 8.60. The summed E-state index contributed by atoms with van der Waals surface area (Å²) in [5.41, 5.74) is 1.47. The number of aliphatic carboxylic acids is 1. The number of hydrogen-bond donors (Lipinski definition) is 2. The summed E-state index contributed by atoms with van der Waals surface area (Å²) in [7, 11) is 7.44. The lowest BCUT2D eigenvalue weighted by Crippen LogP contribution is -2.38. The molecule has 158 valence electrons. The molecule has 0 aliphatic heterocycles. The van der Waals surface area contributed by atoms with Crippen molar-refractivity contribution in [3.8, 4) is 28.7 Å². The first-order valence-electron chi connectivity index (χ1n) is 8.95. The van der Waals surface area contributed by atoms with Crippen molar-refractivity contribution in [3.05, 3.63) is 41.5 Å². The van der Waals surface area contributed by atoms with Crippen molar-refractivity contribution in [1.82, 2.24) is 5.32 Å². The third kappa shape index (κ3) is 4.83. The molecule has 1 unspecified atom stereocenters. The second-order valence-electron chi connectivity index (χ2n) is 6.11. The molecule has 2 aromatic rings. The second-order valence-corrected chi connectivity index (χ2v) is 6.11. The molecule has 2 N–H and O–H groups in total. The molecule has 2 rings (SSSR count). The van der Waals surface area contributed by atoms with Crippen LogP contribution in [0.5, 0.6) is 28.7 Å². The largest absolute Gasteiger partial charge is 0.492 e. The highest BCUT2D eigenvalue weighted by molar-refractivity contribution is 5.74. The highest BCUT2D eigenvalue weighted by atomic mass is 16.6. The van der Waals surface area contributed by atoms with E-state index in [0.717, 1.165) is 5.56 Å². The van der Waals surface area contributed by atoms with Crippen LogP contribution in [-0.4, -0.2) is 52.7 Å². The summed E-state index contributed by atoms with van der Waals surface area (Å²) in [6.07, 6.45) is 0.325. The van der Waals surface area contributed by atoms with Crippen molar-refractivity contribution in [3.63, 3.8) is 0 Å². The van der Waals surface area contributed by atoms with Crippen LogP contribution in [0.25, 0.3) is 0 Å². The van der Waals surface area contributed by atoms with Crippen LogP contribution in [0.2, 0.25) is 0 Å². The number of ether oxygens (including phenoxy) is 5. The normalized spacial score (nSPS) is 11.5. The summed E-state index contributed by atoms with van der Waals surface area (Å²) >= 11 is 0. The van der Waals surface area contributed by atoms with Crippen molar-refractivity contribution >= 4 is 5.97 Å². The van der Waals surface area contributed by atoms with Crippen LogP contribution in [-0.2, 0) is 17.8 Å². The maximum atomic E-state index is 11.8. The van der Waals surface area contributed by atoms with Crippen molar-refractivity contribution in [2.45, 2.75) is 19.0 Å². The van der Waals surface area contributed by atoms with Crippen LogP contribution in [0, 0.1) is 0 Å². The first kappa shape index (κ1) is 22.2. The average Bonchev–Trinajstić information content (AvgIpc) is 2.75. The molecule has 0 aromatic heterocycles. The fourth-order valence-corrected chi connectivity index (χ4v) is 3.16. The second kappa shape index (κ2) is 10.4. The van der Waals surface area contributed by atoms with Gasteiger partial charge in [0.2, 0.25) is 17.2 Å². The Kier molecular flexibility index (Phi) is 7.97. The Morgan fingerprint density at radius 3 is 1.69 bits per heavy atom. The SMILES string of the molecule is COc1c(CNC(Cc2ccccc2)C(=O)O)c(OC)c(OC)c(OC)c1OC. The molecule has 0 spiro atoms. The third-order valence-corrected chi connectivity index (χ3v) is 4.50. The van der Waals surface area contributed by atoms with Gasteiger partial charge in [-0.2, -0.15) is 0 Å². The maximum Gasteiger partial charge on any atom is 0.321 e. The number of carbonyl (C=O) groups is 1. The minimum atomic E-state index is -0.959. The van der Waals surface area contributed by atoms with Crippen LogP contribution in [0.1, 0.15) is 11.1 Å². The van der Waals surface area contributed by atoms with E-state index in [1.807, 2.05) is 30.3 Å². The van der Waals surface area contributed by atoms with Gasteiger partial charge < -0.3 is 28.8 Å². The molecule has 0 fully saturated rings. The molecule has 0 radical (unpaired) electrons. The highest BCUT2D eigenvalue weighted by Gasteiger charge is 2.29. The summed E-state index contributed by atoms with van der Waals surface area (Å²) in [5, 5.41) is 12.7. The van der Waals surface area contributed by atoms with Gasteiger partial charge in [0.05, 0.1) is 41.1 Å². The Bertz CT molecular complexity index is 791. The number of nitrogens with one attached hydrogen (secondary N) is 1. The summed E-state index contributed by atoms with van der Waals surface area (Å²) in [4.78, 5) is 11.8. The Morgan fingerprint density at radius 2 is 1.28 bits per heavy atom. The summed E-state index contributed by atoms with van der Waals surface area (Å²) in [5.74, 6) is 0.779. The summed E-state index contributed by atoms with van der Waals surface area (Å²) in [6.45, 7) is 0.146. The van der Waals surface area contributed by atoms with Crippen molar-refractivity contribution in [2.24, 2.45) is 0 Å². The van der Waals surface area contributed by atoms with Crippen LogP contribution in [0.3, 0.4) is 0 Å². The van der Waals surface area contributed by atoms with Crippen molar-refractivity contribution in [1.29, 1.82) is 0 Å². The molecule has 0 aliphatic carbocycles. The number of carboxylic acid groups (broad SMARTS) is 1. The average molecular weight is 405 g/mol. The minimum Gasteiger partial charge on any atom is -0.492 e. The van der Waals surface area contributed by atoms with E-state index in [9.17, 15) is 9.90 Å². The molecule has 29 heavy (non-hydrogen) atoms. The smallest absolute Gasteiger partial charge is 0.321 e. The fourth-order valence-electron chi connectivity index (χ4n) is 3.16. The molecule has 0 saturated heterocycles. The van der Waals surface area contributed by atoms with Gasteiger partial charge in [0.15, 0.2) is 11.5 Å². The zero-order chi connectivity index (χ0) is 21.4. The zero-order valence-corrected chi connectivity index (χ0v) is 17.3. The molecule has 0 amide bonds. The topological polar surface area (TPSA) is 95.5 Å². The van der Waals surface area contributed by atoms with Gasteiger partial charge in [0, 0.05) is 6.54 Å². The molecule has 0 bridgehead atoms. The standard InChI is InChI=1S/C21H27NO7/c1-25-16-14(17(26-2)19(28-4)20(29-5)18(16)27-3)12-22-15(21(23)24)11-13-9-7-6-8-10-13/h6-10,15,22H,11-12H2,1-5H3,(H,23,24). The Hall–Kier alpha value is -3.13. The van der Waals surface area contributed by atoms with E-state index in [1.54, 1.807) is 0 Å². The van der Waals surface area contributed by atoms with Gasteiger partial charge in [-0.1, -0.05) is 30.3 Å². The zero-order valence-electron chi connectivity index (χ0n) is 17.3. The monoisotopic (exact) mass is 405 g/mol. The molecule has 8 heteroatoms. The quantitative estimate of drug-likeness (QED) is 0.589. The Balaban J connectivity index is 2.42. The van der Waals surface area contributed by atoms with Crippen LogP contribution >= 0.6 is 0 Å². The molecule has 0 aliphatic rings. The Labute approximate surface area is 170 Å². The molecular weight excluding hydrogens is 378 g/mol. The van der Waals surface area contributed by atoms with Crippen molar-refractivity contribution in [2.75, 3.05) is 35.5 Å². The number of methoxy groups -OCH3 is 5. The predicted octanol–water partition coefficient (Wildman–Crippen LogP) is 2.52. The van der Waals surface area contributed by atoms with Crippen molar-refractivity contribution < 1.29 is 33.6 Å². The number of benzene rings is 2. The van der Waals surface area contributed by atoms with E-state index in [4.69, 9.17) is 23.7 Å². The number of rotatable bonds is 11. The third-order valence-electron chi connectivity index (χ3n) is 4.50. The van der Waals surface area contributed by atoms with Crippen LogP contribution in [0.4, 0.5) is 0 Å². The maximum absolute atomic E-state index is 11.8.